The van der Waals surface area contributed by atoms with E-state index < -0.39 is 17.2 Å². The number of hydrogen-bond acceptors (Lipinski definition) is 5. The van der Waals surface area contributed by atoms with Crippen LogP contribution < -0.4 is 10.6 Å². The number of nitrogens with one attached hydrogen (secondary N) is 2. The van der Waals surface area contributed by atoms with Gasteiger partial charge >= 0.3 is 0 Å². The number of benzene rings is 1. The molecule has 2 amide bonds. The van der Waals surface area contributed by atoms with E-state index in [1.807, 2.05) is 0 Å². The summed E-state index contributed by atoms with van der Waals surface area (Å²) in [6, 6.07) is 2.72. The van der Waals surface area contributed by atoms with E-state index in [1.165, 1.54) is 19.2 Å². The Morgan fingerprint density at radius 3 is 2.35 bits per heavy atom. The standard InChI is InChI=1S/C13H18N2O5/c1-14-10(17)4-5-11(18)15-7-6-8-2-3-9(16)13(20)12(8)19/h2-3,16,19-20H,4-7H2,1H3,(H,14,17)(H,15,18). The number of carbonyl (C=O) groups excluding carboxylic acids is 2. The van der Waals surface area contributed by atoms with Gasteiger partial charge in [-0.3, -0.25) is 9.59 Å². The molecule has 20 heavy (non-hydrogen) atoms. The van der Waals surface area contributed by atoms with Crippen LogP contribution in [0.1, 0.15) is 18.4 Å². The van der Waals surface area contributed by atoms with Gasteiger partial charge in [-0.05, 0) is 18.1 Å². The lowest BCUT2D eigenvalue weighted by atomic mass is 10.1. The largest absolute Gasteiger partial charge is 0.504 e. The third kappa shape index (κ3) is 4.34. The predicted molar refractivity (Wildman–Crippen MR) is 71.5 cm³/mol. The molecule has 1 rings (SSSR count). The maximum atomic E-state index is 11.4. The van der Waals surface area contributed by atoms with Crippen molar-refractivity contribution in [1.82, 2.24) is 10.6 Å². The Bertz CT molecular complexity index is 502. The molecular formula is C13H18N2O5. The van der Waals surface area contributed by atoms with Gasteiger partial charge in [0.1, 0.15) is 0 Å². The molecule has 0 aliphatic carbocycles. The molecule has 0 fully saturated rings. The highest BCUT2D eigenvalue weighted by molar-refractivity contribution is 5.83. The summed E-state index contributed by atoms with van der Waals surface area (Å²) < 4.78 is 0. The fourth-order valence-electron chi connectivity index (χ4n) is 1.59. The zero-order valence-corrected chi connectivity index (χ0v) is 11.1. The second kappa shape index (κ2) is 7.22. The fraction of sp³-hybridized carbons (Fsp3) is 0.385. The minimum atomic E-state index is -0.576. The molecule has 1 aromatic rings. The van der Waals surface area contributed by atoms with Crippen LogP contribution >= 0.6 is 0 Å². The van der Waals surface area contributed by atoms with Gasteiger partial charge in [0.25, 0.3) is 0 Å². The predicted octanol–water partition coefficient (Wildman–Crippen LogP) is -0.0117. The van der Waals surface area contributed by atoms with Gasteiger partial charge < -0.3 is 26.0 Å². The van der Waals surface area contributed by atoms with E-state index in [4.69, 9.17) is 5.11 Å². The smallest absolute Gasteiger partial charge is 0.220 e. The minimum Gasteiger partial charge on any atom is -0.504 e. The molecule has 7 heteroatoms. The number of phenols is 3. The Kier molecular flexibility index (Phi) is 5.64. The van der Waals surface area contributed by atoms with E-state index in [2.05, 4.69) is 10.6 Å². The van der Waals surface area contributed by atoms with Crippen LogP contribution in [0.15, 0.2) is 12.1 Å². The zero-order valence-electron chi connectivity index (χ0n) is 11.1. The summed E-state index contributed by atoms with van der Waals surface area (Å²) >= 11 is 0. The molecule has 0 saturated heterocycles. The Hall–Kier alpha value is -2.44. The molecule has 0 radical (unpaired) electrons. The summed E-state index contributed by atoms with van der Waals surface area (Å²) in [5.41, 5.74) is 0.409. The molecule has 5 N–H and O–H groups in total. The third-order valence-corrected chi connectivity index (χ3v) is 2.79. The molecule has 0 aliphatic rings. The highest BCUT2D eigenvalue weighted by Crippen LogP contribution is 2.36. The van der Waals surface area contributed by atoms with Crippen molar-refractivity contribution in [2.45, 2.75) is 19.3 Å². The zero-order chi connectivity index (χ0) is 15.1. The highest BCUT2D eigenvalue weighted by Gasteiger charge is 2.11. The summed E-state index contributed by atoms with van der Waals surface area (Å²) in [5, 5.41) is 33.1. The van der Waals surface area contributed by atoms with Crippen LogP contribution in [0.5, 0.6) is 17.2 Å². The van der Waals surface area contributed by atoms with Gasteiger partial charge in [0.15, 0.2) is 11.5 Å². The number of carbonyl (C=O) groups is 2. The summed E-state index contributed by atoms with van der Waals surface area (Å²) in [6.45, 7) is 0.254. The maximum absolute atomic E-state index is 11.4. The fourth-order valence-corrected chi connectivity index (χ4v) is 1.59. The molecular weight excluding hydrogens is 264 g/mol. The van der Waals surface area contributed by atoms with Crippen LogP contribution in [-0.2, 0) is 16.0 Å². The Balaban J connectivity index is 2.39. The summed E-state index contributed by atoms with van der Waals surface area (Å²) in [5.74, 6) is -1.85. The molecule has 0 saturated carbocycles. The van der Waals surface area contributed by atoms with Crippen molar-refractivity contribution in [1.29, 1.82) is 0 Å². The van der Waals surface area contributed by atoms with Crippen LogP contribution in [0, 0.1) is 0 Å². The van der Waals surface area contributed by atoms with Crippen molar-refractivity contribution in [2.24, 2.45) is 0 Å². The van der Waals surface area contributed by atoms with E-state index in [1.54, 1.807) is 0 Å². The van der Waals surface area contributed by atoms with Gasteiger partial charge in [0.2, 0.25) is 17.6 Å². The van der Waals surface area contributed by atoms with Crippen LogP contribution in [-0.4, -0.2) is 40.7 Å². The quantitative estimate of drug-likeness (QED) is 0.470. The van der Waals surface area contributed by atoms with E-state index >= 15 is 0 Å². The van der Waals surface area contributed by atoms with Crippen molar-refractivity contribution in [3.63, 3.8) is 0 Å². The van der Waals surface area contributed by atoms with E-state index in [9.17, 15) is 19.8 Å². The average Bonchev–Trinajstić information content (AvgIpc) is 2.44. The van der Waals surface area contributed by atoms with Crippen LogP contribution in [0.2, 0.25) is 0 Å². The molecule has 0 bridgehead atoms. The second-order valence-corrected chi connectivity index (χ2v) is 4.21. The Morgan fingerprint density at radius 1 is 1.05 bits per heavy atom. The van der Waals surface area contributed by atoms with E-state index in [-0.39, 0.29) is 31.2 Å². The topological polar surface area (TPSA) is 119 Å². The number of rotatable bonds is 6. The molecule has 0 aliphatic heterocycles. The van der Waals surface area contributed by atoms with Gasteiger partial charge in [0.05, 0.1) is 0 Å². The van der Waals surface area contributed by atoms with Crippen molar-refractivity contribution in [3.8, 4) is 17.2 Å². The first-order valence-corrected chi connectivity index (χ1v) is 6.15. The second-order valence-electron chi connectivity index (χ2n) is 4.21. The first kappa shape index (κ1) is 15.6. The SMILES string of the molecule is CNC(=O)CCC(=O)NCCc1ccc(O)c(O)c1O. The average molecular weight is 282 g/mol. The molecule has 0 aromatic heterocycles. The number of phenolic OH excluding ortho intramolecular Hbond substituents is 3. The lowest BCUT2D eigenvalue weighted by Crippen LogP contribution is -2.27. The van der Waals surface area contributed by atoms with Gasteiger partial charge in [0, 0.05) is 26.4 Å². The van der Waals surface area contributed by atoms with Crippen LogP contribution in [0.3, 0.4) is 0 Å². The third-order valence-electron chi connectivity index (χ3n) is 2.79. The molecule has 0 unspecified atom stereocenters. The van der Waals surface area contributed by atoms with Gasteiger partial charge in [-0.25, -0.2) is 0 Å². The van der Waals surface area contributed by atoms with Crippen molar-refractivity contribution in [2.75, 3.05) is 13.6 Å². The molecule has 110 valence electrons. The number of aromatic hydroxyl groups is 3. The van der Waals surface area contributed by atoms with Crippen LogP contribution in [0.4, 0.5) is 0 Å². The van der Waals surface area contributed by atoms with Crippen molar-refractivity contribution < 1.29 is 24.9 Å². The van der Waals surface area contributed by atoms with E-state index in [0.29, 0.717) is 12.0 Å². The molecule has 0 spiro atoms. The minimum absolute atomic E-state index is 0.0898. The molecule has 0 atom stereocenters. The van der Waals surface area contributed by atoms with Crippen molar-refractivity contribution >= 4 is 11.8 Å². The molecule has 1 aromatic carbocycles. The first-order chi connectivity index (χ1) is 9.45. The number of hydrogen-bond donors (Lipinski definition) is 5. The summed E-state index contributed by atoms with van der Waals surface area (Å²) in [6.07, 6.45) is 0.505. The van der Waals surface area contributed by atoms with Gasteiger partial charge in [-0.1, -0.05) is 6.07 Å². The lowest BCUT2D eigenvalue weighted by molar-refractivity contribution is -0.126. The monoisotopic (exact) mass is 282 g/mol. The maximum Gasteiger partial charge on any atom is 0.220 e. The molecule has 0 heterocycles. The van der Waals surface area contributed by atoms with Gasteiger partial charge in [-0.2, -0.15) is 0 Å². The molecule has 7 nitrogen and oxygen atoms in total. The Morgan fingerprint density at radius 2 is 1.70 bits per heavy atom. The summed E-state index contributed by atoms with van der Waals surface area (Å²) in [7, 11) is 1.50. The lowest BCUT2D eigenvalue weighted by Gasteiger charge is -2.08. The summed E-state index contributed by atoms with van der Waals surface area (Å²) in [4.78, 5) is 22.4. The van der Waals surface area contributed by atoms with Crippen LogP contribution in [0.25, 0.3) is 0 Å². The first-order valence-electron chi connectivity index (χ1n) is 6.15. The number of amides is 2. The normalized spacial score (nSPS) is 10.1. The van der Waals surface area contributed by atoms with Gasteiger partial charge in [-0.15, -0.1) is 0 Å². The highest BCUT2D eigenvalue weighted by atomic mass is 16.3. The Labute approximate surface area is 116 Å². The van der Waals surface area contributed by atoms with Crippen molar-refractivity contribution in [3.05, 3.63) is 17.7 Å². The van der Waals surface area contributed by atoms with E-state index in [0.717, 1.165) is 0 Å².